The molecule has 1 saturated heterocycles. The number of hydrogen-bond acceptors (Lipinski definition) is 4. The van der Waals surface area contributed by atoms with Gasteiger partial charge >= 0.3 is 0 Å². The van der Waals surface area contributed by atoms with Crippen LogP contribution < -0.4 is 10.6 Å². The summed E-state index contributed by atoms with van der Waals surface area (Å²) in [7, 11) is 0. The molecule has 0 bridgehead atoms. The van der Waals surface area contributed by atoms with Crippen LogP contribution in [0.1, 0.15) is 13.8 Å². The van der Waals surface area contributed by atoms with Gasteiger partial charge in [-0.25, -0.2) is 0 Å². The van der Waals surface area contributed by atoms with Crippen LogP contribution in [-0.4, -0.2) is 30.3 Å². The molecular weight excluding hydrogens is 238 g/mol. The molecule has 100 valence electrons. The number of morpholine rings is 1. The number of rotatable bonds is 1. The molecule has 1 aliphatic heterocycles. The van der Waals surface area contributed by atoms with Crippen molar-refractivity contribution in [1.82, 2.24) is 4.98 Å². The number of fused-ring (bicyclic) bond motifs is 1. The predicted molar refractivity (Wildman–Crippen MR) is 78.4 cm³/mol. The highest BCUT2D eigenvalue weighted by Gasteiger charge is 2.31. The van der Waals surface area contributed by atoms with Gasteiger partial charge in [-0.3, -0.25) is 4.98 Å². The van der Waals surface area contributed by atoms with E-state index in [1.165, 1.54) is 5.69 Å². The molecule has 2 heterocycles. The number of nitrogen functional groups attached to an aromatic ring is 1. The maximum Gasteiger partial charge on any atom is 0.0743 e. The first-order chi connectivity index (χ1) is 9.08. The van der Waals surface area contributed by atoms with Gasteiger partial charge in [-0.1, -0.05) is 0 Å². The SMILES string of the molecule is CC1(C)COCCN1c1ccnc2cc(N)ccc12. The number of hydrogen-bond donors (Lipinski definition) is 1. The van der Waals surface area contributed by atoms with E-state index in [9.17, 15) is 0 Å². The Bertz CT molecular complexity index is 609. The largest absolute Gasteiger partial charge is 0.399 e. The van der Waals surface area contributed by atoms with Gasteiger partial charge in [0, 0.05) is 29.5 Å². The summed E-state index contributed by atoms with van der Waals surface area (Å²) >= 11 is 0. The maximum atomic E-state index is 5.83. The molecule has 0 atom stereocenters. The number of nitrogens with two attached hydrogens (primary N) is 1. The molecule has 19 heavy (non-hydrogen) atoms. The zero-order valence-corrected chi connectivity index (χ0v) is 11.4. The van der Waals surface area contributed by atoms with Crippen LogP contribution in [0.3, 0.4) is 0 Å². The summed E-state index contributed by atoms with van der Waals surface area (Å²) in [5, 5.41) is 1.15. The predicted octanol–water partition coefficient (Wildman–Crippen LogP) is 2.43. The van der Waals surface area contributed by atoms with Crippen molar-refractivity contribution in [1.29, 1.82) is 0 Å². The standard InChI is InChI=1S/C15H19N3O/c1-15(2)10-19-8-7-18(15)14-5-6-17-13-9-11(16)3-4-12(13)14/h3-6,9H,7-8,10,16H2,1-2H3. The average Bonchev–Trinajstić information content (AvgIpc) is 2.37. The smallest absolute Gasteiger partial charge is 0.0743 e. The number of benzene rings is 1. The fourth-order valence-electron chi connectivity index (χ4n) is 2.69. The lowest BCUT2D eigenvalue weighted by Gasteiger charge is -2.44. The zero-order chi connectivity index (χ0) is 13.5. The highest BCUT2D eigenvalue weighted by Crippen LogP contribution is 2.32. The van der Waals surface area contributed by atoms with Gasteiger partial charge in [0.25, 0.3) is 0 Å². The van der Waals surface area contributed by atoms with Crippen LogP contribution in [0.25, 0.3) is 10.9 Å². The molecule has 0 spiro atoms. The fraction of sp³-hybridized carbons (Fsp3) is 0.400. The molecule has 4 heteroatoms. The van der Waals surface area contributed by atoms with E-state index in [0.717, 1.165) is 36.3 Å². The molecule has 3 rings (SSSR count). The van der Waals surface area contributed by atoms with E-state index in [0.29, 0.717) is 0 Å². The maximum absolute atomic E-state index is 5.83. The molecule has 1 aromatic carbocycles. The first-order valence-corrected chi connectivity index (χ1v) is 6.57. The van der Waals surface area contributed by atoms with Gasteiger partial charge in [-0.15, -0.1) is 0 Å². The molecule has 0 saturated carbocycles. The van der Waals surface area contributed by atoms with E-state index in [-0.39, 0.29) is 5.54 Å². The molecule has 1 fully saturated rings. The Labute approximate surface area is 113 Å². The van der Waals surface area contributed by atoms with Gasteiger partial charge in [0.1, 0.15) is 0 Å². The lowest BCUT2D eigenvalue weighted by molar-refractivity contribution is 0.0645. The van der Waals surface area contributed by atoms with Gasteiger partial charge in [0.2, 0.25) is 0 Å². The third kappa shape index (κ3) is 2.12. The summed E-state index contributed by atoms with van der Waals surface area (Å²) in [5.74, 6) is 0. The second-order valence-electron chi connectivity index (χ2n) is 5.62. The van der Waals surface area contributed by atoms with Crippen molar-refractivity contribution in [2.24, 2.45) is 0 Å². The Morgan fingerprint density at radius 3 is 2.95 bits per heavy atom. The summed E-state index contributed by atoms with van der Waals surface area (Å²) in [6, 6.07) is 7.98. The minimum atomic E-state index is -0.00603. The Balaban J connectivity index is 2.14. The van der Waals surface area contributed by atoms with Gasteiger partial charge in [-0.05, 0) is 38.1 Å². The monoisotopic (exact) mass is 257 g/mol. The van der Waals surface area contributed by atoms with Crippen molar-refractivity contribution in [3.05, 3.63) is 30.5 Å². The van der Waals surface area contributed by atoms with E-state index in [2.05, 4.69) is 35.9 Å². The molecule has 2 aromatic rings. The summed E-state index contributed by atoms with van der Waals surface area (Å²) in [6.45, 7) is 6.82. The van der Waals surface area contributed by atoms with Crippen molar-refractivity contribution >= 4 is 22.3 Å². The topological polar surface area (TPSA) is 51.4 Å². The van der Waals surface area contributed by atoms with Gasteiger partial charge in [-0.2, -0.15) is 0 Å². The van der Waals surface area contributed by atoms with Crippen molar-refractivity contribution in [3.63, 3.8) is 0 Å². The molecular formula is C15H19N3O. The van der Waals surface area contributed by atoms with Crippen LogP contribution in [0.4, 0.5) is 11.4 Å². The first-order valence-electron chi connectivity index (χ1n) is 6.57. The minimum Gasteiger partial charge on any atom is -0.399 e. The van der Waals surface area contributed by atoms with E-state index in [4.69, 9.17) is 10.5 Å². The minimum absolute atomic E-state index is 0.00603. The Kier molecular flexibility index (Phi) is 2.82. The lowest BCUT2D eigenvalue weighted by Crippen LogP contribution is -2.53. The quantitative estimate of drug-likeness (QED) is 0.797. The summed E-state index contributed by atoms with van der Waals surface area (Å²) in [6.07, 6.45) is 1.85. The van der Waals surface area contributed by atoms with Crippen LogP contribution in [0.2, 0.25) is 0 Å². The number of anilines is 2. The summed E-state index contributed by atoms with van der Waals surface area (Å²) in [5.41, 5.74) is 8.73. The highest BCUT2D eigenvalue weighted by atomic mass is 16.5. The van der Waals surface area contributed by atoms with Crippen molar-refractivity contribution in [2.45, 2.75) is 19.4 Å². The Hall–Kier alpha value is -1.81. The highest BCUT2D eigenvalue weighted by molar-refractivity contribution is 5.93. The zero-order valence-electron chi connectivity index (χ0n) is 11.4. The van der Waals surface area contributed by atoms with Gasteiger partial charge < -0.3 is 15.4 Å². The Morgan fingerprint density at radius 1 is 1.32 bits per heavy atom. The van der Waals surface area contributed by atoms with Crippen LogP contribution in [0, 0.1) is 0 Å². The van der Waals surface area contributed by atoms with Crippen LogP contribution >= 0.6 is 0 Å². The molecule has 2 N–H and O–H groups in total. The summed E-state index contributed by atoms with van der Waals surface area (Å²) < 4.78 is 5.59. The fourth-order valence-corrected chi connectivity index (χ4v) is 2.69. The van der Waals surface area contributed by atoms with Crippen molar-refractivity contribution < 1.29 is 4.74 Å². The molecule has 1 aromatic heterocycles. The third-order valence-electron chi connectivity index (χ3n) is 3.68. The normalized spacial score (nSPS) is 18.7. The van der Waals surface area contributed by atoms with Crippen LogP contribution in [-0.2, 0) is 4.74 Å². The third-order valence-corrected chi connectivity index (χ3v) is 3.68. The molecule has 0 amide bonds. The van der Waals surface area contributed by atoms with Crippen molar-refractivity contribution in [3.8, 4) is 0 Å². The molecule has 0 radical (unpaired) electrons. The number of nitrogens with zero attached hydrogens (tertiary/aromatic N) is 2. The number of pyridine rings is 1. The molecule has 0 aliphatic carbocycles. The van der Waals surface area contributed by atoms with Crippen molar-refractivity contribution in [2.75, 3.05) is 30.4 Å². The molecule has 1 aliphatic rings. The van der Waals surface area contributed by atoms with Gasteiger partial charge in [0.15, 0.2) is 0 Å². The average molecular weight is 257 g/mol. The van der Waals surface area contributed by atoms with E-state index < -0.39 is 0 Å². The van der Waals surface area contributed by atoms with E-state index in [1.54, 1.807) is 0 Å². The van der Waals surface area contributed by atoms with Gasteiger partial charge in [0.05, 0.1) is 24.3 Å². The second-order valence-corrected chi connectivity index (χ2v) is 5.62. The molecule has 4 nitrogen and oxygen atoms in total. The molecule has 0 unspecified atom stereocenters. The second kappa shape index (κ2) is 4.38. The summed E-state index contributed by atoms with van der Waals surface area (Å²) in [4.78, 5) is 6.81. The van der Waals surface area contributed by atoms with E-state index in [1.807, 2.05) is 18.3 Å². The van der Waals surface area contributed by atoms with Crippen LogP contribution in [0.5, 0.6) is 0 Å². The first kappa shape index (κ1) is 12.2. The number of ether oxygens (including phenoxy) is 1. The number of aromatic nitrogens is 1. The Morgan fingerprint density at radius 2 is 2.16 bits per heavy atom. The lowest BCUT2D eigenvalue weighted by atomic mass is 10.00. The van der Waals surface area contributed by atoms with E-state index >= 15 is 0 Å². The van der Waals surface area contributed by atoms with Crippen LogP contribution in [0.15, 0.2) is 30.5 Å².